The highest BCUT2D eigenvalue weighted by Gasteiger charge is 2.04. The fraction of sp³-hybridized carbons (Fsp3) is 0.545. The maximum Gasteiger partial charge on any atom is 0.269 e. The summed E-state index contributed by atoms with van der Waals surface area (Å²) in [5.74, 6) is 0.590. The van der Waals surface area contributed by atoms with Crippen molar-refractivity contribution >= 4 is 35.8 Å². The van der Waals surface area contributed by atoms with Crippen LogP contribution in [0, 0.1) is 0 Å². The van der Waals surface area contributed by atoms with Gasteiger partial charge in [0.05, 0.1) is 6.54 Å². The normalized spacial score (nSPS) is 9.16. The Bertz CT molecular complexity index is 371. The summed E-state index contributed by atoms with van der Waals surface area (Å²) in [6.07, 6.45) is 1.54. The fourth-order valence-electron chi connectivity index (χ4n) is 1.32. The van der Waals surface area contributed by atoms with Crippen molar-refractivity contribution in [3.05, 3.63) is 18.0 Å². The lowest BCUT2D eigenvalue weighted by Gasteiger charge is -2.09. The minimum atomic E-state index is -0.170. The second-order valence-corrected chi connectivity index (χ2v) is 3.52. The molecule has 0 aliphatic carbocycles. The van der Waals surface area contributed by atoms with Crippen molar-refractivity contribution in [2.45, 2.75) is 13.8 Å². The predicted octanol–water partition coefficient (Wildman–Crippen LogP) is 0.332. The summed E-state index contributed by atoms with van der Waals surface area (Å²) >= 11 is 0. The summed E-state index contributed by atoms with van der Waals surface area (Å²) in [7, 11) is 0. The molecule has 19 heavy (non-hydrogen) atoms. The number of carbonyl (C=O) groups excluding carboxylic acids is 1. The molecule has 0 atom stereocenters. The number of aromatic nitrogens is 2. The van der Waals surface area contributed by atoms with Gasteiger partial charge in [0.1, 0.15) is 5.69 Å². The maximum absolute atomic E-state index is 11.5. The van der Waals surface area contributed by atoms with Crippen molar-refractivity contribution < 1.29 is 4.79 Å². The Labute approximate surface area is 130 Å². The molecule has 0 saturated carbocycles. The molecule has 1 rings (SSSR count). The van der Waals surface area contributed by atoms with Crippen molar-refractivity contribution in [1.82, 2.24) is 26.1 Å². The van der Waals surface area contributed by atoms with Crippen LogP contribution in [0.3, 0.4) is 0 Å². The van der Waals surface area contributed by atoms with E-state index >= 15 is 0 Å². The van der Waals surface area contributed by atoms with E-state index in [9.17, 15) is 4.79 Å². The number of aromatic amines is 1. The topological polar surface area (TPSA) is 94.2 Å². The number of H-pyrrole nitrogens is 1. The third-order valence-electron chi connectivity index (χ3n) is 2.10. The number of amides is 1. The Morgan fingerprint density at radius 2 is 2.00 bits per heavy atom. The van der Waals surface area contributed by atoms with E-state index in [4.69, 9.17) is 0 Å². The van der Waals surface area contributed by atoms with Crippen LogP contribution in [0.2, 0.25) is 0 Å². The number of hydrogen-bond donors (Lipinski definition) is 4. The summed E-state index contributed by atoms with van der Waals surface area (Å²) in [6.45, 7) is 6.64. The Morgan fingerprint density at radius 1 is 1.32 bits per heavy atom. The summed E-state index contributed by atoms with van der Waals surface area (Å²) in [5, 5.41) is 15.3. The smallest absolute Gasteiger partial charge is 0.269 e. The maximum atomic E-state index is 11.5. The van der Waals surface area contributed by atoms with Gasteiger partial charge in [0, 0.05) is 25.8 Å². The number of halogens is 1. The lowest BCUT2D eigenvalue weighted by molar-refractivity contribution is 0.0950. The average Bonchev–Trinajstić information content (AvgIpc) is 2.88. The highest BCUT2D eigenvalue weighted by atomic mass is 127. The molecule has 108 valence electrons. The van der Waals surface area contributed by atoms with E-state index in [2.05, 4.69) is 31.1 Å². The Morgan fingerprint density at radius 3 is 2.53 bits per heavy atom. The predicted molar refractivity (Wildman–Crippen MR) is 86.0 cm³/mol. The van der Waals surface area contributed by atoms with Gasteiger partial charge in [-0.15, -0.1) is 24.0 Å². The second kappa shape index (κ2) is 10.6. The summed E-state index contributed by atoms with van der Waals surface area (Å²) in [6, 6.07) is 1.63. The van der Waals surface area contributed by atoms with Crippen molar-refractivity contribution in [2.75, 3.05) is 26.2 Å². The Balaban J connectivity index is 0.00000324. The molecule has 1 heterocycles. The molecule has 1 aromatic rings. The molecular weight excluding hydrogens is 359 g/mol. The largest absolute Gasteiger partial charge is 0.357 e. The molecule has 0 aliphatic heterocycles. The van der Waals surface area contributed by atoms with Gasteiger partial charge in [0.2, 0.25) is 0 Å². The summed E-state index contributed by atoms with van der Waals surface area (Å²) in [4.78, 5) is 15.9. The van der Waals surface area contributed by atoms with Crippen molar-refractivity contribution in [1.29, 1.82) is 0 Å². The van der Waals surface area contributed by atoms with Gasteiger partial charge in [-0.1, -0.05) is 0 Å². The monoisotopic (exact) mass is 380 g/mol. The van der Waals surface area contributed by atoms with Gasteiger partial charge in [-0.2, -0.15) is 5.10 Å². The van der Waals surface area contributed by atoms with E-state index < -0.39 is 0 Å². The average molecular weight is 380 g/mol. The first kappa shape index (κ1) is 17.7. The lowest BCUT2D eigenvalue weighted by atomic mass is 10.4. The number of aliphatic imine (C=N–C) groups is 1. The quantitative estimate of drug-likeness (QED) is 0.248. The number of carbonyl (C=O) groups is 1. The van der Waals surface area contributed by atoms with Crippen LogP contribution >= 0.6 is 24.0 Å². The molecule has 0 aromatic carbocycles. The Kier molecular flexibility index (Phi) is 9.85. The first-order valence-corrected chi connectivity index (χ1v) is 6.07. The molecule has 0 aliphatic rings. The van der Waals surface area contributed by atoms with Crippen LogP contribution in [0.15, 0.2) is 17.3 Å². The van der Waals surface area contributed by atoms with Crippen molar-refractivity contribution in [2.24, 2.45) is 4.99 Å². The first-order chi connectivity index (χ1) is 8.77. The van der Waals surface area contributed by atoms with Crippen LogP contribution in [0.1, 0.15) is 24.3 Å². The molecule has 1 amide bonds. The van der Waals surface area contributed by atoms with Crippen LogP contribution in [-0.4, -0.2) is 48.2 Å². The lowest BCUT2D eigenvalue weighted by Crippen LogP contribution is -2.37. The zero-order valence-corrected chi connectivity index (χ0v) is 13.5. The SMILES string of the molecule is CCNC(=NCCNC(=O)c1ccn[nH]1)NCC.I. The molecule has 0 bridgehead atoms. The van der Waals surface area contributed by atoms with Gasteiger partial charge in [-0.05, 0) is 19.9 Å². The number of guanidine groups is 1. The minimum Gasteiger partial charge on any atom is -0.357 e. The first-order valence-electron chi connectivity index (χ1n) is 6.07. The van der Waals surface area contributed by atoms with Crippen LogP contribution in [0.25, 0.3) is 0 Å². The molecule has 7 nitrogen and oxygen atoms in total. The van der Waals surface area contributed by atoms with Crippen LogP contribution in [-0.2, 0) is 0 Å². The van der Waals surface area contributed by atoms with E-state index in [0.717, 1.165) is 19.0 Å². The van der Waals surface area contributed by atoms with Crippen LogP contribution in [0.5, 0.6) is 0 Å². The van der Waals surface area contributed by atoms with E-state index in [-0.39, 0.29) is 29.9 Å². The molecule has 8 heteroatoms. The van der Waals surface area contributed by atoms with E-state index in [1.807, 2.05) is 13.8 Å². The van der Waals surface area contributed by atoms with E-state index in [1.54, 1.807) is 12.3 Å². The van der Waals surface area contributed by atoms with Gasteiger partial charge in [-0.25, -0.2) is 0 Å². The number of nitrogens with one attached hydrogen (secondary N) is 4. The number of hydrogen-bond acceptors (Lipinski definition) is 3. The molecule has 1 aromatic heterocycles. The van der Waals surface area contributed by atoms with Crippen LogP contribution < -0.4 is 16.0 Å². The molecule has 0 saturated heterocycles. The third kappa shape index (κ3) is 6.99. The summed E-state index contributed by atoms with van der Waals surface area (Å²) < 4.78 is 0. The van der Waals surface area contributed by atoms with E-state index in [0.29, 0.717) is 18.8 Å². The molecule has 0 fully saturated rings. The molecule has 0 spiro atoms. The Hall–Kier alpha value is -1.32. The second-order valence-electron chi connectivity index (χ2n) is 3.52. The van der Waals surface area contributed by atoms with Gasteiger partial charge in [0.25, 0.3) is 5.91 Å². The summed E-state index contributed by atoms with van der Waals surface area (Å²) in [5.41, 5.74) is 0.456. The van der Waals surface area contributed by atoms with Crippen molar-refractivity contribution in [3.63, 3.8) is 0 Å². The van der Waals surface area contributed by atoms with Gasteiger partial charge in [0.15, 0.2) is 5.96 Å². The van der Waals surface area contributed by atoms with Gasteiger partial charge < -0.3 is 16.0 Å². The third-order valence-corrected chi connectivity index (χ3v) is 2.10. The molecule has 0 unspecified atom stereocenters. The standard InChI is InChI=1S/C11H20N6O.HI/c1-3-12-11(13-4-2)15-8-7-14-10(18)9-5-6-16-17-9;/h5-6H,3-4,7-8H2,1-2H3,(H,14,18)(H,16,17)(H2,12,13,15);1H. The zero-order valence-electron chi connectivity index (χ0n) is 11.2. The number of rotatable bonds is 6. The zero-order chi connectivity index (χ0) is 13.2. The molecule has 0 radical (unpaired) electrons. The fourth-order valence-corrected chi connectivity index (χ4v) is 1.32. The number of nitrogens with zero attached hydrogens (tertiary/aromatic N) is 2. The van der Waals surface area contributed by atoms with E-state index in [1.165, 1.54) is 0 Å². The molecule has 4 N–H and O–H groups in total. The van der Waals surface area contributed by atoms with Gasteiger partial charge >= 0.3 is 0 Å². The highest BCUT2D eigenvalue weighted by Crippen LogP contribution is 1.89. The minimum absolute atomic E-state index is 0. The molecular formula is C11H21IN6O. The van der Waals surface area contributed by atoms with Gasteiger partial charge in [-0.3, -0.25) is 14.9 Å². The highest BCUT2D eigenvalue weighted by molar-refractivity contribution is 14.0. The van der Waals surface area contributed by atoms with Crippen LogP contribution in [0.4, 0.5) is 0 Å². The van der Waals surface area contributed by atoms with Crippen molar-refractivity contribution in [3.8, 4) is 0 Å².